The standard InChI is InChI=1S/C20H18F3IN4O4/c21-15-4-3-13(14(18(15)23)7-11-1-2-12(24)8-16(11)22)19(29)27-9-20(30,10-27)6-5-17(25)26-28(31)32/h1-4,8,30H,5-7,9-10H2,(H2,25,26). The molecule has 0 atom stereocenters. The number of nitrogens with one attached hydrogen (secondary N) is 2. The van der Waals surface area contributed by atoms with Gasteiger partial charge in [-0.1, -0.05) is 11.5 Å². The molecule has 2 aromatic rings. The van der Waals surface area contributed by atoms with Crippen LogP contribution >= 0.6 is 22.6 Å². The zero-order valence-corrected chi connectivity index (χ0v) is 18.7. The number of amidine groups is 1. The lowest BCUT2D eigenvalue weighted by molar-refractivity contribution is -0.525. The highest BCUT2D eigenvalue weighted by Crippen LogP contribution is 2.30. The van der Waals surface area contributed by atoms with Gasteiger partial charge in [0.15, 0.2) is 22.5 Å². The number of aliphatic hydroxyl groups is 1. The number of hydrogen-bond acceptors (Lipinski definition) is 5. The summed E-state index contributed by atoms with van der Waals surface area (Å²) >= 11 is 1.91. The predicted octanol–water partition coefficient (Wildman–Crippen LogP) is 3.02. The van der Waals surface area contributed by atoms with Gasteiger partial charge in [-0.2, -0.15) is 0 Å². The van der Waals surface area contributed by atoms with E-state index in [1.54, 1.807) is 11.5 Å². The van der Waals surface area contributed by atoms with Crippen LogP contribution in [0.25, 0.3) is 0 Å². The second-order valence-corrected chi connectivity index (χ2v) is 8.78. The van der Waals surface area contributed by atoms with E-state index in [1.807, 2.05) is 22.6 Å². The van der Waals surface area contributed by atoms with Crippen LogP contribution in [0.15, 0.2) is 30.3 Å². The number of nitro groups is 1. The number of amides is 1. The fourth-order valence-electron chi connectivity index (χ4n) is 3.48. The smallest absolute Gasteiger partial charge is 0.254 e. The summed E-state index contributed by atoms with van der Waals surface area (Å²) in [7, 11) is 0. The van der Waals surface area contributed by atoms with Crippen LogP contribution in [0.1, 0.15) is 34.3 Å². The second-order valence-electron chi connectivity index (χ2n) is 7.53. The average molecular weight is 562 g/mol. The number of halogens is 4. The Balaban J connectivity index is 1.74. The number of rotatable bonds is 7. The Morgan fingerprint density at radius 2 is 1.94 bits per heavy atom. The number of nitrogens with zero attached hydrogens (tertiary/aromatic N) is 2. The van der Waals surface area contributed by atoms with Crippen LogP contribution in [0.4, 0.5) is 13.2 Å². The Kier molecular flexibility index (Phi) is 7.03. The first-order chi connectivity index (χ1) is 15.0. The summed E-state index contributed by atoms with van der Waals surface area (Å²) < 4.78 is 43.3. The van der Waals surface area contributed by atoms with E-state index in [-0.39, 0.29) is 49.0 Å². The minimum absolute atomic E-state index is 0.00501. The predicted molar refractivity (Wildman–Crippen MR) is 116 cm³/mol. The third-order valence-corrected chi connectivity index (χ3v) is 5.80. The van der Waals surface area contributed by atoms with Gasteiger partial charge in [0.2, 0.25) is 0 Å². The molecular formula is C20H18F3IN4O4. The van der Waals surface area contributed by atoms with Gasteiger partial charge in [0.25, 0.3) is 5.91 Å². The van der Waals surface area contributed by atoms with Gasteiger partial charge in [0, 0.05) is 27.5 Å². The number of hydrazine groups is 1. The molecule has 0 bridgehead atoms. The Morgan fingerprint density at radius 3 is 2.56 bits per heavy atom. The SMILES string of the molecule is N=C(CCC1(O)CN(C(=O)c2ccc(F)c(F)c2Cc2ccc(I)cc2F)C1)N[N+](=O)[O-]. The summed E-state index contributed by atoms with van der Waals surface area (Å²) in [6, 6.07) is 6.22. The molecule has 2 aromatic carbocycles. The summed E-state index contributed by atoms with van der Waals surface area (Å²) in [6.07, 6.45) is -0.452. The summed E-state index contributed by atoms with van der Waals surface area (Å²) in [5.41, 5.74) is -0.0188. The molecule has 32 heavy (non-hydrogen) atoms. The molecule has 0 aliphatic carbocycles. The van der Waals surface area contributed by atoms with Crippen LogP contribution < -0.4 is 5.43 Å². The van der Waals surface area contributed by atoms with Crippen molar-refractivity contribution in [3.05, 3.63) is 78.2 Å². The number of β-amino-alcohol motifs (C(OH)–C–C–N with tert-alkyl or cyclic N) is 1. The summed E-state index contributed by atoms with van der Waals surface area (Å²) in [5, 5.41) is 27.3. The van der Waals surface area contributed by atoms with Crippen molar-refractivity contribution in [2.24, 2.45) is 0 Å². The lowest BCUT2D eigenvalue weighted by Gasteiger charge is -2.46. The molecule has 1 heterocycles. The molecule has 0 spiro atoms. The molecule has 12 heteroatoms. The molecule has 8 nitrogen and oxygen atoms in total. The maximum absolute atomic E-state index is 14.6. The number of benzene rings is 2. The van der Waals surface area contributed by atoms with E-state index in [9.17, 15) is 33.2 Å². The molecule has 1 aliphatic rings. The summed E-state index contributed by atoms with van der Waals surface area (Å²) in [5.74, 6) is -4.07. The van der Waals surface area contributed by atoms with Crippen LogP contribution in [0, 0.1) is 36.5 Å². The maximum atomic E-state index is 14.6. The van der Waals surface area contributed by atoms with Crippen LogP contribution in [-0.2, 0) is 6.42 Å². The maximum Gasteiger partial charge on any atom is 0.254 e. The molecule has 0 radical (unpaired) electrons. The molecule has 0 unspecified atom stereocenters. The highest BCUT2D eigenvalue weighted by molar-refractivity contribution is 14.1. The van der Waals surface area contributed by atoms with Crippen molar-refractivity contribution in [2.45, 2.75) is 24.9 Å². The van der Waals surface area contributed by atoms with Crippen molar-refractivity contribution < 1.29 is 28.1 Å². The van der Waals surface area contributed by atoms with Crippen LogP contribution in [-0.4, -0.2) is 45.5 Å². The van der Waals surface area contributed by atoms with E-state index < -0.39 is 39.8 Å². The average Bonchev–Trinajstić information content (AvgIpc) is 2.68. The van der Waals surface area contributed by atoms with Gasteiger partial charge in [0.1, 0.15) is 11.4 Å². The quantitative estimate of drug-likeness (QED) is 0.158. The third-order valence-electron chi connectivity index (χ3n) is 5.13. The van der Waals surface area contributed by atoms with Crippen LogP contribution in [0.5, 0.6) is 0 Å². The molecule has 0 aromatic heterocycles. The van der Waals surface area contributed by atoms with Gasteiger partial charge in [-0.15, -0.1) is 0 Å². The molecule has 170 valence electrons. The lowest BCUT2D eigenvalue weighted by Crippen LogP contribution is -2.63. The topological polar surface area (TPSA) is 120 Å². The monoisotopic (exact) mass is 562 g/mol. The van der Waals surface area contributed by atoms with E-state index in [1.165, 1.54) is 17.0 Å². The Hall–Kier alpha value is -2.74. The minimum atomic E-state index is -1.36. The van der Waals surface area contributed by atoms with Crippen molar-refractivity contribution in [1.29, 1.82) is 5.41 Å². The van der Waals surface area contributed by atoms with Crippen molar-refractivity contribution >= 4 is 34.3 Å². The van der Waals surface area contributed by atoms with E-state index in [4.69, 9.17) is 5.41 Å². The van der Waals surface area contributed by atoms with E-state index >= 15 is 0 Å². The summed E-state index contributed by atoms with van der Waals surface area (Å²) in [4.78, 5) is 24.4. The summed E-state index contributed by atoms with van der Waals surface area (Å²) in [6.45, 7) is -0.290. The molecular weight excluding hydrogens is 544 g/mol. The number of likely N-dealkylation sites (tertiary alicyclic amines) is 1. The van der Waals surface area contributed by atoms with E-state index in [0.29, 0.717) is 3.57 Å². The minimum Gasteiger partial charge on any atom is -0.386 e. The fourth-order valence-corrected chi connectivity index (χ4v) is 3.93. The largest absolute Gasteiger partial charge is 0.386 e. The highest BCUT2D eigenvalue weighted by Gasteiger charge is 2.44. The number of hydrogen-bond donors (Lipinski definition) is 3. The van der Waals surface area contributed by atoms with Crippen LogP contribution in [0.2, 0.25) is 0 Å². The highest BCUT2D eigenvalue weighted by atomic mass is 127. The van der Waals surface area contributed by atoms with Gasteiger partial charge < -0.3 is 10.0 Å². The third kappa shape index (κ3) is 5.35. The first-order valence-electron chi connectivity index (χ1n) is 9.40. The van der Waals surface area contributed by atoms with Gasteiger partial charge in [-0.25, -0.2) is 23.3 Å². The second kappa shape index (κ2) is 9.40. The van der Waals surface area contributed by atoms with Crippen molar-refractivity contribution in [3.63, 3.8) is 0 Å². The van der Waals surface area contributed by atoms with Gasteiger partial charge in [0.05, 0.1) is 13.1 Å². The van der Waals surface area contributed by atoms with Crippen LogP contribution in [0.3, 0.4) is 0 Å². The Bertz CT molecular complexity index is 1090. The Morgan fingerprint density at radius 1 is 1.25 bits per heavy atom. The van der Waals surface area contributed by atoms with Crippen molar-refractivity contribution in [1.82, 2.24) is 10.3 Å². The van der Waals surface area contributed by atoms with E-state index in [2.05, 4.69) is 0 Å². The molecule has 1 fully saturated rings. The van der Waals surface area contributed by atoms with Crippen molar-refractivity contribution in [2.75, 3.05) is 13.1 Å². The molecule has 1 aliphatic heterocycles. The lowest BCUT2D eigenvalue weighted by atomic mass is 9.87. The first-order valence-corrected chi connectivity index (χ1v) is 10.5. The normalized spacial score (nSPS) is 14.6. The van der Waals surface area contributed by atoms with E-state index in [0.717, 1.165) is 12.1 Å². The Labute approximate surface area is 194 Å². The van der Waals surface area contributed by atoms with Crippen molar-refractivity contribution in [3.8, 4) is 0 Å². The molecule has 1 saturated heterocycles. The molecule has 1 amide bonds. The van der Waals surface area contributed by atoms with Gasteiger partial charge in [-0.3, -0.25) is 10.2 Å². The molecule has 0 saturated carbocycles. The molecule has 3 N–H and O–H groups in total. The van der Waals surface area contributed by atoms with Gasteiger partial charge in [-0.05, 0) is 58.8 Å². The zero-order valence-electron chi connectivity index (χ0n) is 16.5. The molecule has 3 rings (SSSR count). The fraction of sp³-hybridized carbons (Fsp3) is 0.300. The first kappa shape index (κ1) is 23.9. The number of carbonyl (C=O) groups excluding carboxylic acids is 1. The van der Waals surface area contributed by atoms with Gasteiger partial charge >= 0.3 is 0 Å². The zero-order chi connectivity index (χ0) is 23.6. The number of carbonyl (C=O) groups is 1.